The fraction of sp³-hybridized carbons (Fsp3) is 0.500. The van der Waals surface area contributed by atoms with Gasteiger partial charge in [-0.1, -0.05) is 11.6 Å². The molecule has 2 fully saturated rings. The molecule has 1 unspecified atom stereocenters. The van der Waals surface area contributed by atoms with E-state index in [4.69, 9.17) is 16.3 Å². The lowest BCUT2D eigenvalue weighted by molar-refractivity contribution is -0.119. The van der Waals surface area contributed by atoms with Gasteiger partial charge < -0.3 is 20.7 Å². The van der Waals surface area contributed by atoms with E-state index in [0.29, 0.717) is 40.4 Å². The molecule has 1 amide bonds. The predicted molar refractivity (Wildman–Crippen MR) is 112 cm³/mol. The molecule has 154 valence electrons. The summed E-state index contributed by atoms with van der Waals surface area (Å²) in [4.78, 5) is 25.5. The minimum Gasteiger partial charge on any atom is -0.381 e. The Labute approximate surface area is 174 Å². The summed E-state index contributed by atoms with van der Waals surface area (Å²) in [6, 6.07) is 1.74. The van der Waals surface area contributed by atoms with Crippen molar-refractivity contribution in [2.75, 3.05) is 43.5 Å². The van der Waals surface area contributed by atoms with Gasteiger partial charge in [-0.15, -0.1) is 0 Å². The van der Waals surface area contributed by atoms with Crippen LogP contribution < -0.4 is 16.0 Å². The maximum Gasteiger partial charge on any atom is 0.229 e. The van der Waals surface area contributed by atoms with E-state index in [1.54, 1.807) is 18.5 Å². The van der Waals surface area contributed by atoms with Crippen LogP contribution in [0.4, 0.5) is 11.6 Å². The van der Waals surface area contributed by atoms with Crippen molar-refractivity contribution in [2.45, 2.75) is 19.3 Å². The number of ether oxygens (including phenoxy) is 1. The van der Waals surface area contributed by atoms with Crippen LogP contribution in [-0.4, -0.2) is 53.7 Å². The third-order valence-electron chi connectivity index (χ3n) is 5.36. The Morgan fingerprint density at radius 1 is 1.21 bits per heavy atom. The Morgan fingerprint density at radius 2 is 2.07 bits per heavy atom. The van der Waals surface area contributed by atoms with Crippen LogP contribution in [0.25, 0.3) is 11.3 Å². The van der Waals surface area contributed by atoms with E-state index in [2.05, 4.69) is 30.9 Å². The smallest absolute Gasteiger partial charge is 0.229 e. The molecule has 9 heteroatoms. The first-order valence-corrected chi connectivity index (χ1v) is 10.4. The number of rotatable bonds is 6. The van der Waals surface area contributed by atoms with Gasteiger partial charge in [0.05, 0.1) is 29.0 Å². The number of aromatic nitrogens is 3. The SMILES string of the molecule is O=C(Nc1cc(-c2cncc(NCC3CCOCC3)n2)c(Cl)cn1)C1CCNC1. The molecule has 0 aromatic carbocycles. The highest BCUT2D eigenvalue weighted by atomic mass is 35.5. The van der Waals surface area contributed by atoms with Crippen molar-refractivity contribution in [3.63, 3.8) is 0 Å². The standard InChI is InChI=1S/C20H25ClN6O2/c21-16-10-25-18(27-20(28)14-1-4-22-9-14)7-15(16)17-11-23-12-19(26-17)24-8-13-2-5-29-6-3-13/h7,10-14,22H,1-6,8-9H2,(H,24,26)(H,25,27,28). The van der Waals surface area contributed by atoms with Gasteiger partial charge in [-0.25, -0.2) is 9.97 Å². The maximum absolute atomic E-state index is 12.4. The summed E-state index contributed by atoms with van der Waals surface area (Å²) in [5.41, 5.74) is 1.32. The number of nitrogens with one attached hydrogen (secondary N) is 3. The van der Waals surface area contributed by atoms with Crippen molar-refractivity contribution >= 4 is 29.1 Å². The summed E-state index contributed by atoms with van der Waals surface area (Å²) in [5.74, 6) is 1.67. The van der Waals surface area contributed by atoms with Crippen LogP contribution in [0.2, 0.25) is 5.02 Å². The predicted octanol–water partition coefficient (Wildman–Crippen LogP) is 2.58. The molecule has 2 aliphatic heterocycles. The summed E-state index contributed by atoms with van der Waals surface area (Å²) in [7, 11) is 0. The monoisotopic (exact) mass is 416 g/mol. The average Bonchev–Trinajstić information content (AvgIpc) is 3.30. The largest absolute Gasteiger partial charge is 0.381 e. The van der Waals surface area contributed by atoms with Gasteiger partial charge in [0.25, 0.3) is 0 Å². The van der Waals surface area contributed by atoms with Crippen molar-refractivity contribution < 1.29 is 9.53 Å². The van der Waals surface area contributed by atoms with Gasteiger partial charge in [-0.05, 0) is 37.8 Å². The lowest BCUT2D eigenvalue weighted by atomic mass is 10.0. The Hall–Kier alpha value is -2.29. The molecule has 0 saturated carbocycles. The lowest BCUT2D eigenvalue weighted by Crippen LogP contribution is -2.25. The van der Waals surface area contributed by atoms with Crippen molar-refractivity contribution in [2.24, 2.45) is 11.8 Å². The lowest BCUT2D eigenvalue weighted by Gasteiger charge is -2.22. The summed E-state index contributed by atoms with van der Waals surface area (Å²) in [6.45, 7) is 4.02. The first-order valence-electron chi connectivity index (χ1n) is 10.00. The van der Waals surface area contributed by atoms with E-state index >= 15 is 0 Å². The van der Waals surface area contributed by atoms with Gasteiger partial charge in [0, 0.05) is 38.1 Å². The molecule has 8 nitrogen and oxygen atoms in total. The van der Waals surface area contributed by atoms with E-state index in [0.717, 1.165) is 45.6 Å². The van der Waals surface area contributed by atoms with E-state index < -0.39 is 0 Å². The summed E-state index contributed by atoms with van der Waals surface area (Å²) in [6.07, 6.45) is 7.83. The molecule has 2 aromatic heterocycles. The van der Waals surface area contributed by atoms with Crippen LogP contribution in [-0.2, 0) is 9.53 Å². The third-order valence-corrected chi connectivity index (χ3v) is 5.66. The molecule has 0 radical (unpaired) electrons. The first kappa shape index (κ1) is 20.0. The quantitative estimate of drug-likeness (QED) is 0.665. The second kappa shape index (κ2) is 9.47. The van der Waals surface area contributed by atoms with E-state index in [-0.39, 0.29) is 11.8 Å². The minimum atomic E-state index is -0.0339. The van der Waals surface area contributed by atoms with Crippen molar-refractivity contribution in [3.05, 3.63) is 29.7 Å². The Balaban J connectivity index is 1.46. The zero-order valence-corrected chi connectivity index (χ0v) is 16.9. The number of carbonyl (C=O) groups excluding carboxylic acids is 1. The topological polar surface area (TPSA) is 101 Å². The van der Waals surface area contributed by atoms with Crippen molar-refractivity contribution in [1.82, 2.24) is 20.3 Å². The summed E-state index contributed by atoms with van der Waals surface area (Å²) >= 11 is 6.36. The van der Waals surface area contributed by atoms with Crippen LogP contribution in [0.3, 0.4) is 0 Å². The molecule has 2 aromatic rings. The first-order chi connectivity index (χ1) is 14.2. The van der Waals surface area contributed by atoms with Gasteiger partial charge in [0.2, 0.25) is 5.91 Å². The minimum absolute atomic E-state index is 0.0336. The zero-order valence-electron chi connectivity index (χ0n) is 16.2. The molecule has 2 aliphatic rings. The number of hydrogen-bond donors (Lipinski definition) is 3. The van der Waals surface area contributed by atoms with Crippen molar-refractivity contribution in [1.29, 1.82) is 0 Å². The molecule has 0 spiro atoms. The second-order valence-corrected chi connectivity index (χ2v) is 7.86. The molecule has 0 bridgehead atoms. The highest BCUT2D eigenvalue weighted by molar-refractivity contribution is 6.33. The average molecular weight is 417 g/mol. The van der Waals surface area contributed by atoms with Gasteiger partial charge in [-0.2, -0.15) is 0 Å². The van der Waals surface area contributed by atoms with Crippen LogP contribution in [0, 0.1) is 11.8 Å². The van der Waals surface area contributed by atoms with Gasteiger partial charge >= 0.3 is 0 Å². The molecule has 2 saturated heterocycles. The molecule has 29 heavy (non-hydrogen) atoms. The van der Waals surface area contributed by atoms with Gasteiger partial charge in [0.1, 0.15) is 11.6 Å². The molecule has 4 heterocycles. The van der Waals surface area contributed by atoms with Crippen molar-refractivity contribution in [3.8, 4) is 11.3 Å². The molecule has 3 N–H and O–H groups in total. The van der Waals surface area contributed by atoms with Crippen LogP contribution in [0.15, 0.2) is 24.7 Å². The zero-order chi connectivity index (χ0) is 20.1. The molecule has 0 aliphatic carbocycles. The van der Waals surface area contributed by atoms with Gasteiger partial charge in [-0.3, -0.25) is 9.78 Å². The van der Waals surface area contributed by atoms with E-state index in [1.807, 2.05) is 0 Å². The molecular weight excluding hydrogens is 392 g/mol. The number of pyridine rings is 1. The van der Waals surface area contributed by atoms with E-state index in [9.17, 15) is 4.79 Å². The molecular formula is C20H25ClN6O2. The fourth-order valence-electron chi connectivity index (χ4n) is 3.59. The molecule has 4 rings (SSSR count). The number of halogens is 1. The Bertz CT molecular complexity index is 853. The van der Waals surface area contributed by atoms with E-state index in [1.165, 1.54) is 6.20 Å². The normalized spacial score (nSPS) is 19.8. The highest BCUT2D eigenvalue weighted by Gasteiger charge is 2.23. The molecule has 1 atom stereocenters. The maximum atomic E-state index is 12.4. The number of hydrogen-bond acceptors (Lipinski definition) is 7. The van der Waals surface area contributed by atoms with Crippen LogP contribution >= 0.6 is 11.6 Å². The fourth-order valence-corrected chi connectivity index (χ4v) is 3.79. The highest BCUT2D eigenvalue weighted by Crippen LogP contribution is 2.28. The number of amides is 1. The summed E-state index contributed by atoms with van der Waals surface area (Å²) < 4.78 is 5.40. The second-order valence-electron chi connectivity index (χ2n) is 7.45. The summed E-state index contributed by atoms with van der Waals surface area (Å²) in [5, 5.41) is 9.90. The van der Waals surface area contributed by atoms with Crippen LogP contribution in [0.1, 0.15) is 19.3 Å². The number of nitrogens with zero attached hydrogens (tertiary/aromatic N) is 3. The third kappa shape index (κ3) is 5.20. The Kier molecular flexibility index (Phi) is 6.53. The number of anilines is 2. The Morgan fingerprint density at radius 3 is 2.86 bits per heavy atom. The van der Waals surface area contributed by atoms with Gasteiger partial charge in [0.15, 0.2) is 0 Å². The number of carbonyl (C=O) groups is 1. The van der Waals surface area contributed by atoms with Crippen LogP contribution in [0.5, 0.6) is 0 Å².